The standard InChI is InChI=1S/C41H74O14P2/c1-4-5-21-27-38-39(55-38)28-23-18-14-10-6-7-11-15-19-24-29-40(43)50-33-37(34-53-57(48,49)52-32-36(42)31-51-56(45,46)47)54-41(44)30-25-20-16-12-8-9-13-17-22-26-35(2)3/h6,10-11,15,18,23,35-39,42H,4-5,7-9,12-14,16-17,19-22,24-34H2,1-3H3,(H,48,49)(H2,45,46,47)/b10-6-,15-11-,23-18-/t36-,37+,38?,39?/m0/s1. The molecule has 0 saturated carbocycles. The van der Waals surface area contributed by atoms with Crippen LogP contribution in [0.2, 0.25) is 0 Å². The Balaban J connectivity index is 2.39. The minimum atomic E-state index is -4.87. The first kappa shape index (κ1) is 53.3. The van der Waals surface area contributed by atoms with Gasteiger partial charge in [0.15, 0.2) is 6.10 Å². The molecular weight excluding hydrogens is 778 g/mol. The van der Waals surface area contributed by atoms with E-state index in [-0.39, 0.29) is 12.8 Å². The molecule has 0 aliphatic carbocycles. The quantitative estimate of drug-likeness (QED) is 0.0150. The Labute approximate surface area is 342 Å². The number of phosphoric ester groups is 2. The van der Waals surface area contributed by atoms with Crippen LogP contribution in [0.5, 0.6) is 0 Å². The predicted molar refractivity (Wildman–Crippen MR) is 220 cm³/mol. The van der Waals surface area contributed by atoms with Gasteiger partial charge in [0.05, 0.1) is 32.0 Å². The third kappa shape index (κ3) is 34.8. The fraction of sp³-hybridized carbons (Fsp3) is 0.805. The number of aliphatic hydroxyl groups excluding tert-OH is 1. The topological polar surface area (TPSA) is 208 Å². The highest BCUT2D eigenvalue weighted by atomic mass is 31.2. The van der Waals surface area contributed by atoms with E-state index in [2.05, 4.69) is 54.1 Å². The Kier molecular flexibility index (Phi) is 30.9. The molecule has 1 heterocycles. The zero-order valence-corrected chi connectivity index (χ0v) is 36.6. The minimum absolute atomic E-state index is 0.116. The van der Waals surface area contributed by atoms with Gasteiger partial charge in [-0.25, -0.2) is 9.13 Å². The average molecular weight is 853 g/mol. The van der Waals surface area contributed by atoms with E-state index in [4.69, 9.17) is 28.5 Å². The van der Waals surface area contributed by atoms with Crippen molar-refractivity contribution in [2.75, 3.05) is 26.4 Å². The van der Waals surface area contributed by atoms with Crippen molar-refractivity contribution in [3.05, 3.63) is 36.5 Å². The van der Waals surface area contributed by atoms with Crippen molar-refractivity contribution in [1.29, 1.82) is 0 Å². The molecule has 0 spiro atoms. The third-order valence-corrected chi connectivity index (χ3v) is 10.6. The number of phosphoric acid groups is 2. The maximum Gasteiger partial charge on any atom is 0.472 e. The number of rotatable bonds is 38. The van der Waals surface area contributed by atoms with Crippen molar-refractivity contribution >= 4 is 27.6 Å². The number of carbonyl (C=O) groups is 2. The monoisotopic (exact) mass is 852 g/mol. The Morgan fingerprint density at radius 1 is 0.667 bits per heavy atom. The molecule has 0 radical (unpaired) electrons. The van der Waals surface area contributed by atoms with Crippen LogP contribution in [0, 0.1) is 5.92 Å². The number of epoxide rings is 1. The summed E-state index contributed by atoms with van der Waals surface area (Å²) in [6.45, 7) is 3.93. The molecule has 4 N–H and O–H groups in total. The summed E-state index contributed by atoms with van der Waals surface area (Å²) in [6.07, 6.45) is 30.5. The van der Waals surface area contributed by atoms with Crippen LogP contribution in [-0.2, 0) is 46.5 Å². The highest BCUT2D eigenvalue weighted by Crippen LogP contribution is 2.44. The van der Waals surface area contributed by atoms with Gasteiger partial charge in [0.2, 0.25) is 0 Å². The highest BCUT2D eigenvalue weighted by Gasteiger charge is 2.36. The predicted octanol–water partition coefficient (Wildman–Crippen LogP) is 9.35. The fourth-order valence-electron chi connectivity index (χ4n) is 5.79. The van der Waals surface area contributed by atoms with E-state index in [0.29, 0.717) is 31.5 Å². The van der Waals surface area contributed by atoms with E-state index >= 15 is 0 Å². The van der Waals surface area contributed by atoms with Gasteiger partial charge >= 0.3 is 27.6 Å². The summed E-state index contributed by atoms with van der Waals surface area (Å²) in [5, 5.41) is 9.73. The zero-order valence-electron chi connectivity index (χ0n) is 34.8. The van der Waals surface area contributed by atoms with Gasteiger partial charge in [0, 0.05) is 12.8 Å². The molecule has 1 aliphatic heterocycles. The van der Waals surface area contributed by atoms with Gasteiger partial charge in [-0.3, -0.25) is 23.2 Å². The normalized spacial score (nSPS) is 18.1. The summed E-state index contributed by atoms with van der Waals surface area (Å²) in [5.74, 6) is -0.354. The van der Waals surface area contributed by atoms with Gasteiger partial charge in [0.25, 0.3) is 0 Å². The molecule has 1 saturated heterocycles. The first-order valence-corrected chi connectivity index (χ1v) is 24.2. The van der Waals surface area contributed by atoms with Gasteiger partial charge < -0.3 is 34.0 Å². The Bertz CT molecular complexity index is 1230. The summed E-state index contributed by atoms with van der Waals surface area (Å²) >= 11 is 0. The molecule has 0 aromatic carbocycles. The van der Waals surface area contributed by atoms with Gasteiger partial charge in [-0.15, -0.1) is 0 Å². The number of allylic oxidation sites excluding steroid dienone is 5. The number of hydrogen-bond donors (Lipinski definition) is 4. The van der Waals surface area contributed by atoms with Crippen molar-refractivity contribution in [2.24, 2.45) is 5.92 Å². The van der Waals surface area contributed by atoms with Gasteiger partial charge in [-0.05, 0) is 50.9 Å². The molecule has 0 aromatic heterocycles. The molecule has 57 heavy (non-hydrogen) atoms. The summed E-state index contributed by atoms with van der Waals surface area (Å²) in [6, 6.07) is 0. The van der Waals surface area contributed by atoms with Crippen LogP contribution in [0.25, 0.3) is 0 Å². The van der Waals surface area contributed by atoms with Gasteiger partial charge in [0.1, 0.15) is 12.7 Å². The largest absolute Gasteiger partial charge is 0.472 e. The molecule has 1 fully saturated rings. The van der Waals surface area contributed by atoms with E-state index in [1.54, 1.807) is 0 Å². The average Bonchev–Trinajstić information content (AvgIpc) is 3.91. The van der Waals surface area contributed by atoms with Crippen LogP contribution in [-0.4, -0.2) is 82.6 Å². The van der Waals surface area contributed by atoms with E-state index in [1.807, 2.05) is 12.2 Å². The van der Waals surface area contributed by atoms with E-state index < -0.39 is 66.2 Å². The lowest BCUT2D eigenvalue weighted by atomic mass is 10.0. The minimum Gasteiger partial charge on any atom is -0.462 e. The highest BCUT2D eigenvalue weighted by molar-refractivity contribution is 7.47. The molecule has 16 heteroatoms. The molecule has 332 valence electrons. The Morgan fingerprint density at radius 3 is 1.89 bits per heavy atom. The summed E-state index contributed by atoms with van der Waals surface area (Å²) in [4.78, 5) is 52.6. The number of unbranched alkanes of at least 4 members (excludes halogenated alkanes) is 11. The maximum absolute atomic E-state index is 12.6. The number of esters is 2. The second kappa shape index (κ2) is 33.1. The summed E-state index contributed by atoms with van der Waals surface area (Å²) in [7, 11) is -9.68. The maximum atomic E-state index is 12.6. The summed E-state index contributed by atoms with van der Waals surface area (Å²) in [5.41, 5.74) is 0. The lowest BCUT2D eigenvalue weighted by Crippen LogP contribution is -2.30. The molecule has 1 rings (SSSR count). The summed E-state index contributed by atoms with van der Waals surface area (Å²) < 4.78 is 53.4. The van der Waals surface area contributed by atoms with Crippen LogP contribution >= 0.6 is 15.6 Å². The zero-order chi connectivity index (χ0) is 42.2. The van der Waals surface area contributed by atoms with E-state index in [9.17, 15) is 28.7 Å². The van der Waals surface area contributed by atoms with Crippen molar-refractivity contribution in [2.45, 2.75) is 180 Å². The van der Waals surface area contributed by atoms with Crippen molar-refractivity contribution in [3.8, 4) is 0 Å². The van der Waals surface area contributed by atoms with E-state index in [1.165, 1.54) is 57.8 Å². The van der Waals surface area contributed by atoms with Crippen LogP contribution in [0.1, 0.15) is 156 Å². The number of carbonyl (C=O) groups excluding carboxylic acids is 2. The molecule has 14 nitrogen and oxygen atoms in total. The molecule has 1 aliphatic rings. The molecule has 0 amide bonds. The molecule has 0 bridgehead atoms. The van der Waals surface area contributed by atoms with Crippen molar-refractivity contribution < 1.29 is 66.3 Å². The lowest BCUT2D eigenvalue weighted by molar-refractivity contribution is -0.161. The second-order valence-electron chi connectivity index (χ2n) is 15.1. The van der Waals surface area contributed by atoms with Crippen LogP contribution in [0.4, 0.5) is 0 Å². The first-order valence-electron chi connectivity index (χ1n) is 21.2. The number of aliphatic hydroxyl groups is 1. The lowest BCUT2D eigenvalue weighted by Gasteiger charge is -2.20. The van der Waals surface area contributed by atoms with Crippen LogP contribution in [0.15, 0.2) is 36.5 Å². The SMILES string of the molecule is CCCCCC1OC1C/C=C\C/C=C\C/C=C\CCCC(=O)OC[C@H](COP(=O)(O)OC[C@@H](O)COP(=O)(O)O)OC(=O)CCCCCCCCCCCC(C)C. The fourth-order valence-corrected chi connectivity index (χ4v) is 6.95. The third-order valence-electron chi connectivity index (χ3n) is 9.12. The van der Waals surface area contributed by atoms with Gasteiger partial charge in [-0.1, -0.05) is 134 Å². The Hall–Kier alpha value is -1.70. The molecular formula is C41H74O14P2. The van der Waals surface area contributed by atoms with Crippen molar-refractivity contribution in [3.63, 3.8) is 0 Å². The molecule has 3 unspecified atom stereocenters. The van der Waals surface area contributed by atoms with Crippen LogP contribution < -0.4 is 0 Å². The first-order chi connectivity index (χ1) is 27.2. The number of ether oxygens (including phenoxy) is 3. The van der Waals surface area contributed by atoms with Crippen molar-refractivity contribution in [1.82, 2.24) is 0 Å². The van der Waals surface area contributed by atoms with E-state index in [0.717, 1.165) is 50.9 Å². The Morgan fingerprint density at radius 2 is 1.25 bits per heavy atom. The smallest absolute Gasteiger partial charge is 0.462 e. The van der Waals surface area contributed by atoms with Gasteiger partial charge in [-0.2, -0.15) is 0 Å². The molecule has 5 atom stereocenters. The second-order valence-corrected chi connectivity index (χ2v) is 17.8. The van der Waals surface area contributed by atoms with Crippen LogP contribution in [0.3, 0.4) is 0 Å². The number of hydrogen-bond acceptors (Lipinski definition) is 11. The molecule has 0 aromatic rings.